The molecule has 0 spiro atoms. The number of hydrogen-bond acceptors (Lipinski definition) is 6. The van der Waals surface area contributed by atoms with Crippen LogP contribution in [-0.4, -0.2) is 29.7 Å². The Labute approximate surface area is 242 Å². The summed E-state index contributed by atoms with van der Waals surface area (Å²) >= 11 is 0. The Morgan fingerprint density at radius 2 is 1.78 bits per heavy atom. The number of pyridine rings is 2. The molecule has 0 aliphatic rings. The number of likely N-dealkylation sites (N-methyl/N-ethyl adjacent to an activating group) is 1. The lowest BCUT2D eigenvalue weighted by atomic mass is 10.1. The van der Waals surface area contributed by atoms with Crippen LogP contribution in [0.2, 0.25) is 0 Å². The number of rotatable bonds is 14. The summed E-state index contributed by atoms with van der Waals surface area (Å²) < 4.78 is 26.6. The SMILES string of the molecule is CCC/C=C(/Nc1ncc(-c2cccnc2)cc1C)c1cc(OCc2ccccc2F)cc(OC[C@H](CC)NC)c1. The van der Waals surface area contributed by atoms with Gasteiger partial charge in [0.15, 0.2) is 0 Å². The van der Waals surface area contributed by atoms with E-state index in [9.17, 15) is 4.39 Å². The number of ether oxygens (including phenoxy) is 2. The Kier molecular flexibility index (Phi) is 10.9. The van der Waals surface area contributed by atoms with Crippen molar-refractivity contribution in [3.8, 4) is 22.6 Å². The molecule has 0 aliphatic heterocycles. The van der Waals surface area contributed by atoms with E-state index in [-0.39, 0.29) is 18.5 Å². The van der Waals surface area contributed by atoms with Crippen molar-refractivity contribution in [2.75, 3.05) is 19.0 Å². The molecule has 4 aromatic rings. The fourth-order valence-electron chi connectivity index (χ4n) is 4.33. The van der Waals surface area contributed by atoms with Gasteiger partial charge in [0.05, 0.1) is 0 Å². The van der Waals surface area contributed by atoms with Gasteiger partial charge in [0.2, 0.25) is 0 Å². The number of unbranched alkanes of at least 4 members (excludes halogenated alkanes) is 1. The third-order valence-corrected chi connectivity index (χ3v) is 6.86. The molecule has 6 nitrogen and oxygen atoms in total. The molecule has 0 unspecified atom stereocenters. The number of anilines is 1. The first kappa shape index (κ1) is 29.7. The van der Waals surface area contributed by atoms with Gasteiger partial charge in [-0.25, -0.2) is 9.37 Å². The Bertz CT molecular complexity index is 1440. The van der Waals surface area contributed by atoms with Crippen molar-refractivity contribution in [1.82, 2.24) is 15.3 Å². The molecule has 2 N–H and O–H groups in total. The van der Waals surface area contributed by atoms with Crippen LogP contribution >= 0.6 is 0 Å². The third kappa shape index (κ3) is 8.38. The minimum Gasteiger partial charge on any atom is -0.492 e. The monoisotopic (exact) mass is 554 g/mol. The molecule has 1 atom stereocenters. The number of nitrogens with one attached hydrogen (secondary N) is 2. The van der Waals surface area contributed by atoms with Crippen LogP contribution in [0.1, 0.15) is 49.8 Å². The quantitative estimate of drug-likeness (QED) is 0.166. The van der Waals surface area contributed by atoms with Crippen molar-refractivity contribution in [2.45, 2.75) is 52.7 Å². The topological polar surface area (TPSA) is 68.3 Å². The van der Waals surface area contributed by atoms with E-state index >= 15 is 0 Å². The normalized spacial score (nSPS) is 12.2. The zero-order valence-electron chi connectivity index (χ0n) is 24.3. The molecular formula is C34H39FN4O2. The van der Waals surface area contributed by atoms with Crippen LogP contribution in [0.5, 0.6) is 11.5 Å². The lowest BCUT2D eigenvalue weighted by Crippen LogP contribution is -2.30. The number of benzene rings is 2. The fraction of sp³-hybridized carbons (Fsp3) is 0.294. The summed E-state index contributed by atoms with van der Waals surface area (Å²) in [5.41, 5.74) is 5.33. The van der Waals surface area contributed by atoms with Gasteiger partial charge in [-0.15, -0.1) is 0 Å². The van der Waals surface area contributed by atoms with Gasteiger partial charge in [0.1, 0.15) is 36.3 Å². The molecule has 41 heavy (non-hydrogen) atoms. The van der Waals surface area contributed by atoms with Crippen LogP contribution in [0.15, 0.2) is 85.3 Å². The van der Waals surface area contributed by atoms with E-state index in [0.29, 0.717) is 23.7 Å². The van der Waals surface area contributed by atoms with E-state index in [1.54, 1.807) is 24.4 Å². The van der Waals surface area contributed by atoms with Crippen molar-refractivity contribution in [3.63, 3.8) is 0 Å². The first-order valence-corrected chi connectivity index (χ1v) is 14.2. The molecule has 0 amide bonds. The van der Waals surface area contributed by atoms with Crippen molar-refractivity contribution < 1.29 is 13.9 Å². The van der Waals surface area contributed by atoms with Crippen molar-refractivity contribution in [3.05, 3.63) is 108 Å². The van der Waals surface area contributed by atoms with E-state index in [0.717, 1.165) is 53.0 Å². The van der Waals surface area contributed by atoms with Crippen LogP contribution in [-0.2, 0) is 6.61 Å². The van der Waals surface area contributed by atoms with Gasteiger partial charge in [0, 0.05) is 58.6 Å². The van der Waals surface area contributed by atoms with E-state index in [4.69, 9.17) is 14.5 Å². The van der Waals surface area contributed by atoms with E-state index < -0.39 is 0 Å². The number of aromatic nitrogens is 2. The first-order chi connectivity index (χ1) is 20.0. The fourth-order valence-corrected chi connectivity index (χ4v) is 4.33. The number of allylic oxidation sites excluding steroid dienone is 1. The standard InChI is InChI=1S/C34H39FN4O2/c1-5-7-14-33(39-34-24(3)16-28(21-38-34)25-12-10-15-37-20-25)27-17-30(40-22-26-11-8-9-13-32(26)35)19-31(18-27)41-23-29(6-2)36-4/h8-21,29,36H,5-7,22-23H2,1-4H3,(H,38,39)/b33-14+/t29-/m0/s1. The highest BCUT2D eigenvalue weighted by Crippen LogP contribution is 2.31. The summed E-state index contributed by atoms with van der Waals surface area (Å²) in [6.07, 6.45) is 10.4. The molecule has 2 heterocycles. The molecule has 2 aromatic heterocycles. The molecule has 0 saturated carbocycles. The lowest BCUT2D eigenvalue weighted by Gasteiger charge is -2.19. The average molecular weight is 555 g/mol. The second kappa shape index (κ2) is 15.0. The molecule has 7 heteroatoms. The maximum absolute atomic E-state index is 14.3. The molecule has 214 valence electrons. The van der Waals surface area contributed by atoms with E-state index in [2.05, 4.69) is 41.6 Å². The summed E-state index contributed by atoms with van der Waals surface area (Å²) in [4.78, 5) is 8.97. The lowest BCUT2D eigenvalue weighted by molar-refractivity contribution is 0.262. The first-order valence-electron chi connectivity index (χ1n) is 14.2. The summed E-state index contributed by atoms with van der Waals surface area (Å²) in [7, 11) is 1.93. The molecular weight excluding hydrogens is 515 g/mol. The molecule has 0 bridgehead atoms. The van der Waals surface area contributed by atoms with Crippen LogP contribution in [0.4, 0.5) is 10.2 Å². The van der Waals surface area contributed by atoms with Gasteiger partial charge < -0.3 is 20.1 Å². The van der Waals surface area contributed by atoms with Gasteiger partial charge in [-0.05, 0) is 62.7 Å². The number of hydrogen-bond donors (Lipinski definition) is 2. The van der Waals surface area contributed by atoms with Gasteiger partial charge in [0.25, 0.3) is 0 Å². The van der Waals surface area contributed by atoms with E-state index in [1.807, 2.05) is 56.7 Å². The van der Waals surface area contributed by atoms with E-state index in [1.165, 1.54) is 6.07 Å². The number of aryl methyl sites for hydroxylation is 1. The highest BCUT2D eigenvalue weighted by molar-refractivity contribution is 5.78. The largest absolute Gasteiger partial charge is 0.492 e. The molecule has 0 aliphatic carbocycles. The Hall–Kier alpha value is -4.23. The van der Waals surface area contributed by atoms with Crippen molar-refractivity contribution in [2.24, 2.45) is 0 Å². The smallest absolute Gasteiger partial charge is 0.133 e. The summed E-state index contributed by atoms with van der Waals surface area (Å²) in [6, 6.07) is 18.7. The highest BCUT2D eigenvalue weighted by Gasteiger charge is 2.13. The zero-order valence-corrected chi connectivity index (χ0v) is 24.3. The molecule has 0 saturated heterocycles. The maximum atomic E-state index is 14.3. The van der Waals surface area contributed by atoms with Crippen LogP contribution in [0.3, 0.4) is 0 Å². The molecule has 0 radical (unpaired) electrons. The Morgan fingerprint density at radius 1 is 0.976 bits per heavy atom. The predicted octanol–water partition coefficient (Wildman–Crippen LogP) is 7.80. The molecule has 0 fully saturated rings. The number of nitrogens with zero attached hydrogens (tertiary/aromatic N) is 2. The third-order valence-electron chi connectivity index (χ3n) is 6.86. The van der Waals surface area contributed by atoms with Gasteiger partial charge >= 0.3 is 0 Å². The second-order valence-corrected chi connectivity index (χ2v) is 9.94. The predicted molar refractivity (Wildman–Crippen MR) is 165 cm³/mol. The summed E-state index contributed by atoms with van der Waals surface area (Å²) in [6.45, 7) is 6.93. The minimum atomic E-state index is -0.290. The van der Waals surface area contributed by atoms with Crippen molar-refractivity contribution >= 4 is 11.5 Å². The zero-order chi connectivity index (χ0) is 29.0. The molecule has 4 rings (SSSR count). The summed E-state index contributed by atoms with van der Waals surface area (Å²) in [5, 5.41) is 6.83. The van der Waals surface area contributed by atoms with Crippen LogP contribution in [0.25, 0.3) is 16.8 Å². The van der Waals surface area contributed by atoms with Gasteiger partial charge in [-0.1, -0.05) is 50.6 Å². The average Bonchev–Trinajstić information content (AvgIpc) is 3.00. The highest BCUT2D eigenvalue weighted by atomic mass is 19.1. The van der Waals surface area contributed by atoms with Crippen LogP contribution in [0, 0.1) is 12.7 Å². The Balaban J connectivity index is 1.65. The summed E-state index contributed by atoms with van der Waals surface area (Å²) in [5.74, 6) is 1.75. The molecule has 2 aromatic carbocycles. The van der Waals surface area contributed by atoms with Gasteiger partial charge in [-0.2, -0.15) is 0 Å². The second-order valence-electron chi connectivity index (χ2n) is 9.94. The Morgan fingerprint density at radius 3 is 2.46 bits per heavy atom. The minimum absolute atomic E-state index is 0.113. The van der Waals surface area contributed by atoms with Gasteiger partial charge in [-0.3, -0.25) is 4.98 Å². The van der Waals surface area contributed by atoms with Crippen LogP contribution < -0.4 is 20.1 Å². The van der Waals surface area contributed by atoms with Crippen molar-refractivity contribution in [1.29, 1.82) is 0 Å². The maximum Gasteiger partial charge on any atom is 0.133 e. The number of halogens is 1.